The summed E-state index contributed by atoms with van der Waals surface area (Å²) in [6, 6.07) is 7.94. The summed E-state index contributed by atoms with van der Waals surface area (Å²) in [7, 11) is 0. The Morgan fingerprint density at radius 3 is 2.67 bits per heavy atom. The van der Waals surface area contributed by atoms with Gasteiger partial charge in [0.15, 0.2) is 0 Å². The van der Waals surface area contributed by atoms with Crippen molar-refractivity contribution in [1.82, 2.24) is 0 Å². The molecular formula is C14H21NO3. The molecule has 18 heavy (non-hydrogen) atoms. The van der Waals surface area contributed by atoms with E-state index in [2.05, 4.69) is 5.32 Å². The second kappa shape index (κ2) is 8.53. The van der Waals surface area contributed by atoms with Crippen LogP contribution in [0.4, 0.5) is 5.69 Å². The van der Waals surface area contributed by atoms with Gasteiger partial charge in [-0.25, -0.2) is 0 Å². The van der Waals surface area contributed by atoms with Crippen molar-refractivity contribution in [2.24, 2.45) is 0 Å². The summed E-state index contributed by atoms with van der Waals surface area (Å²) in [4.78, 5) is 11.1. The largest absolute Gasteiger partial charge is 0.466 e. The molecule has 4 nitrogen and oxygen atoms in total. The summed E-state index contributed by atoms with van der Waals surface area (Å²) in [5.41, 5.74) is 2.15. The Hall–Kier alpha value is -1.55. The Morgan fingerprint density at radius 1 is 1.33 bits per heavy atom. The number of aliphatic hydroxyl groups is 1. The van der Waals surface area contributed by atoms with Crippen molar-refractivity contribution in [3.63, 3.8) is 0 Å². The molecule has 1 aromatic carbocycles. The quantitative estimate of drug-likeness (QED) is 0.548. The lowest BCUT2D eigenvalue weighted by atomic mass is 10.1. The predicted octanol–water partition coefficient (Wildman–Crippen LogP) is 1.98. The van der Waals surface area contributed by atoms with Crippen molar-refractivity contribution in [3.05, 3.63) is 29.8 Å². The van der Waals surface area contributed by atoms with Crippen LogP contribution in [0.5, 0.6) is 0 Å². The van der Waals surface area contributed by atoms with Crippen LogP contribution in [0.15, 0.2) is 24.3 Å². The summed E-state index contributed by atoms with van der Waals surface area (Å²) >= 11 is 0. The molecule has 2 N–H and O–H groups in total. The first-order valence-electron chi connectivity index (χ1n) is 6.35. The van der Waals surface area contributed by atoms with E-state index in [1.165, 1.54) is 0 Å². The molecule has 0 radical (unpaired) electrons. The average molecular weight is 251 g/mol. The van der Waals surface area contributed by atoms with Crippen molar-refractivity contribution in [2.45, 2.75) is 26.2 Å². The fourth-order valence-corrected chi connectivity index (χ4v) is 1.62. The number of aliphatic hydroxyl groups excluding tert-OH is 1. The van der Waals surface area contributed by atoms with Crippen LogP contribution >= 0.6 is 0 Å². The van der Waals surface area contributed by atoms with Crippen LogP contribution in [0.1, 0.15) is 25.3 Å². The number of esters is 1. The SMILES string of the molecule is CCOC(=O)CCCNc1ccc(CCO)cc1. The Balaban J connectivity index is 2.21. The first kappa shape index (κ1) is 14.5. The summed E-state index contributed by atoms with van der Waals surface area (Å²) in [6.07, 6.45) is 1.89. The zero-order valence-corrected chi connectivity index (χ0v) is 10.8. The van der Waals surface area contributed by atoms with Gasteiger partial charge in [-0.05, 0) is 37.5 Å². The van der Waals surface area contributed by atoms with Gasteiger partial charge >= 0.3 is 5.97 Å². The number of nitrogens with one attached hydrogen (secondary N) is 1. The van der Waals surface area contributed by atoms with Crippen LogP contribution in [0.25, 0.3) is 0 Å². The van der Waals surface area contributed by atoms with Gasteiger partial charge in [-0.3, -0.25) is 4.79 Å². The van der Waals surface area contributed by atoms with E-state index in [9.17, 15) is 4.79 Å². The molecule has 4 heteroatoms. The Kier molecular flexibility index (Phi) is 6.87. The van der Waals surface area contributed by atoms with E-state index < -0.39 is 0 Å². The van der Waals surface area contributed by atoms with Gasteiger partial charge in [0.2, 0.25) is 0 Å². The molecule has 0 spiro atoms. The van der Waals surface area contributed by atoms with E-state index >= 15 is 0 Å². The maximum atomic E-state index is 11.1. The standard InChI is InChI=1S/C14H21NO3/c1-2-18-14(17)4-3-10-15-13-7-5-12(6-8-13)9-11-16/h5-8,15-16H,2-4,9-11H2,1H3. The molecule has 0 heterocycles. The number of benzene rings is 1. The van der Waals surface area contributed by atoms with E-state index in [0.717, 1.165) is 24.2 Å². The third-order valence-corrected chi connectivity index (χ3v) is 2.55. The van der Waals surface area contributed by atoms with Crippen molar-refractivity contribution < 1.29 is 14.6 Å². The average Bonchev–Trinajstić information content (AvgIpc) is 2.37. The van der Waals surface area contributed by atoms with Gasteiger partial charge in [-0.1, -0.05) is 12.1 Å². The predicted molar refractivity (Wildman–Crippen MR) is 71.6 cm³/mol. The number of carbonyl (C=O) groups is 1. The van der Waals surface area contributed by atoms with Gasteiger partial charge in [0.1, 0.15) is 0 Å². The highest BCUT2D eigenvalue weighted by Crippen LogP contribution is 2.10. The highest BCUT2D eigenvalue weighted by atomic mass is 16.5. The van der Waals surface area contributed by atoms with Gasteiger partial charge in [0.05, 0.1) is 6.61 Å². The van der Waals surface area contributed by atoms with Crippen LogP contribution in [0.3, 0.4) is 0 Å². The molecule has 0 aliphatic heterocycles. The third kappa shape index (κ3) is 5.68. The Morgan fingerprint density at radius 2 is 2.06 bits per heavy atom. The molecule has 0 saturated carbocycles. The maximum Gasteiger partial charge on any atom is 0.305 e. The molecule has 0 unspecified atom stereocenters. The molecule has 0 aliphatic rings. The van der Waals surface area contributed by atoms with Crippen molar-refractivity contribution in [1.29, 1.82) is 0 Å². The second-order valence-electron chi connectivity index (χ2n) is 4.01. The highest BCUT2D eigenvalue weighted by Gasteiger charge is 2.00. The van der Waals surface area contributed by atoms with E-state index in [0.29, 0.717) is 19.4 Å². The van der Waals surface area contributed by atoms with Crippen LogP contribution in [0, 0.1) is 0 Å². The lowest BCUT2D eigenvalue weighted by Gasteiger charge is -2.07. The van der Waals surface area contributed by atoms with E-state index in [-0.39, 0.29) is 12.6 Å². The second-order valence-corrected chi connectivity index (χ2v) is 4.01. The molecule has 0 bridgehead atoms. The summed E-state index contributed by atoms with van der Waals surface area (Å²) in [5, 5.41) is 12.0. The van der Waals surface area contributed by atoms with Crippen molar-refractivity contribution in [2.75, 3.05) is 25.1 Å². The number of anilines is 1. The molecule has 1 aromatic rings. The van der Waals surface area contributed by atoms with Crippen LogP contribution in [-0.2, 0) is 16.0 Å². The van der Waals surface area contributed by atoms with Gasteiger partial charge in [0.25, 0.3) is 0 Å². The lowest BCUT2D eigenvalue weighted by Crippen LogP contribution is -2.08. The number of carbonyl (C=O) groups excluding carboxylic acids is 1. The summed E-state index contributed by atoms with van der Waals surface area (Å²) in [6.45, 7) is 3.17. The molecule has 0 fully saturated rings. The van der Waals surface area contributed by atoms with Gasteiger partial charge in [0, 0.05) is 25.3 Å². The first-order chi connectivity index (χ1) is 8.76. The highest BCUT2D eigenvalue weighted by molar-refractivity contribution is 5.69. The minimum absolute atomic E-state index is 0.141. The fraction of sp³-hybridized carbons (Fsp3) is 0.500. The molecule has 0 aliphatic carbocycles. The van der Waals surface area contributed by atoms with Gasteiger partial charge < -0.3 is 15.2 Å². The first-order valence-corrected chi connectivity index (χ1v) is 6.35. The lowest BCUT2D eigenvalue weighted by molar-refractivity contribution is -0.143. The molecule has 1 rings (SSSR count). The fourth-order valence-electron chi connectivity index (χ4n) is 1.62. The van der Waals surface area contributed by atoms with E-state index in [1.54, 1.807) is 0 Å². The van der Waals surface area contributed by atoms with Gasteiger partial charge in [-0.15, -0.1) is 0 Å². The molecule has 0 saturated heterocycles. The van der Waals surface area contributed by atoms with Crippen molar-refractivity contribution >= 4 is 11.7 Å². The van der Waals surface area contributed by atoms with Crippen molar-refractivity contribution in [3.8, 4) is 0 Å². The number of ether oxygens (including phenoxy) is 1. The van der Waals surface area contributed by atoms with Gasteiger partial charge in [-0.2, -0.15) is 0 Å². The molecule has 0 atom stereocenters. The zero-order chi connectivity index (χ0) is 13.2. The van der Waals surface area contributed by atoms with E-state index in [4.69, 9.17) is 9.84 Å². The Bertz CT molecular complexity index is 349. The summed E-state index contributed by atoms with van der Waals surface area (Å²) in [5.74, 6) is -0.141. The Labute approximate surface area is 108 Å². The van der Waals surface area contributed by atoms with Crippen LogP contribution in [-0.4, -0.2) is 30.8 Å². The third-order valence-electron chi connectivity index (χ3n) is 2.55. The maximum absolute atomic E-state index is 11.1. The van der Waals surface area contributed by atoms with E-state index in [1.807, 2.05) is 31.2 Å². The number of rotatable bonds is 8. The molecule has 0 amide bonds. The number of hydrogen-bond acceptors (Lipinski definition) is 4. The zero-order valence-electron chi connectivity index (χ0n) is 10.8. The molecule has 0 aromatic heterocycles. The monoisotopic (exact) mass is 251 g/mol. The molecule has 100 valence electrons. The molecular weight excluding hydrogens is 230 g/mol. The van der Waals surface area contributed by atoms with Crippen LogP contribution < -0.4 is 5.32 Å². The van der Waals surface area contributed by atoms with Crippen LogP contribution in [0.2, 0.25) is 0 Å². The minimum atomic E-state index is -0.141. The normalized spacial score (nSPS) is 10.1. The minimum Gasteiger partial charge on any atom is -0.466 e. The topological polar surface area (TPSA) is 58.6 Å². The summed E-state index contributed by atoms with van der Waals surface area (Å²) < 4.78 is 4.85. The smallest absolute Gasteiger partial charge is 0.305 e. The number of hydrogen-bond donors (Lipinski definition) is 2.